The first-order valence-corrected chi connectivity index (χ1v) is 7.23. The summed E-state index contributed by atoms with van der Waals surface area (Å²) in [4.78, 5) is 3.06. The van der Waals surface area contributed by atoms with Gasteiger partial charge in [-0.3, -0.25) is 0 Å². The fourth-order valence-corrected chi connectivity index (χ4v) is 3.20. The largest absolute Gasteiger partial charge is 0.0622 e. The van der Waals surface area contributed by atoms with Crippen LogP contribution in [0.15, 0.2) is 71.8 Å². The van der Waals surface area contributed by atoms with Gasteiger partial charge in [0, 0.05) is 10.6 Å². The first-order chi connectivity index (χ1) is 10.9. The van der Waals surface area contributed by atoms with Crippen molar-refractivity contribution in [2.75, 3.05) is 0 Å². The Morgan fingerprint density at radius 3 is 2.32 bits per heavy atom. The molecule has 104 valence electrons. The number of fused-ring (bicyclic) bond motifs is 3. The van der Waals surface area contributed by atoms with Crippen molar-refractivity contribution in [1.29, 1.82) is 0 Å². The standard InChI is InChI=1S/C19H13N3/c20-22-21-19-16(13-6-2-1-3-7-13)10-11-17-15-9-5-4-8-14(15)12-18(17)19/h1-11H,12H2. The Morgan fingerprint density at radius 1 is 0.773 bits per heavy atom. The molecule has 0 saturated heterocycles. The van der Waals surface area contributed by atoms with Gasteiger partial charge in [-0.2, -0.15) is 0 Å². The highest BCUT2D eigenvalue weighted by Crippen LogP contribution is 2.45. The molecule has 1 aliphatic carbocycles. The van der Waals surface area contributed by atoms with Crippen molar-refractivity contribution in [2.45, 2.75) is 6.42 Å². The molecule has 0 amide bonds. The number of rotatable bonds is 2. The lowest BCUT2D eigenvalue weighted by molar-refractivity contribution is 1.24. The van der Waals surface area contributed by atoms with Gasteiger partial charge in [0.05, 0.1) is 0 Å². The minimum absolute atomic E-state index is 0.752. The zero-order chi connectivity index (χ0) is 14.9. The molecule has 3 nitrogen and oxygen atoms in total. The molecular weight excluding hydrogens is 270 g/mol. The van der Waals surface area contributed by atoms with E-state index < -0.39 is 0 Å². The first-order valence-electron chi connectivity index (χ1n) is 7.23. The minimum atomic E-state index is 0.752. The Labute approximate surface area is 128 Å². The smallest absolute Gasteiger partial charge is 0.0495 e. The normalized spacial score (nSPS) is 11.5. The third kappa shape index (κ3) is 1.88. The van der Waals surface area contributed by atoms with E-state index in [1.807, 2.05) is 36.4 Å². The van der Waals surface area contributed by atoms with Gasteiger partial charge < -0.3 is 0 Å². The Hall–Kier alpha value is -3.03. The van der Waals surface area contributed by atoms with Crippen LogP contribution in [-0.4, -0.2) is 0 Å². The van der Waals surface area contributed by atoms with E-state index in [4.69, 9.17) is 5.53 Å². The van der Waals surface area contributed by atoms with Gasteiger partial charge >= 0.3 is 0 Å². The van der Waals surface area contributed by atoms with Crippen molar-refractivity contribution < 1.29 is 0 Å². The van der Waals surface area contributed by atoms with Gasteiger partial charge in [-0.15, -0.1) is 0 Å². The van der Waals surface area contributed by atoms with Crippen molar-refractivity contribution in [2.24, 2.45) is 5.11 Å². The summed E-state index contributed by atoms with van der Waals surface area (Å²) in [5.74, 6) is 0. The summed E-state index contributed by atoms with van der Waals surface area (Å²) in [6.45, 7) is 0. The van der Waals surface area contributed by atoms with E-state index >= 15 is 0 Å². The molecule has 0 N–H and O–H groups in total. The maximum atomic E-state index is 9.00. The molecule has 3 aromatic rings. The highest BCUT2D eigenvalue weighted by Gasteiger charge is 2.22. The zero-order valence-electron chi connectivity index (χ0n) is 11.9. The van der Waals surface area contributed by atoms with Crippen LogP contribution in [0.3, 0.4) is 0 Å². The van der Waals surface area contributed by atoms with E-state index in [0.717, 1.165) is 28.8 Å². The quantitative estimate of drug-likeness (QED) is 0.251. The van der Waals surface area contributed by atoms with Crippen molar-refractivity contribution in [3.63, 3.8) is 0 Å². The van der Waals surface area contributed by atoms with Gasteiger partial charge in [0.25, 0.3) is 0 Å². The average molecular weight is 283 g/mol. The molecule has 0 unspecified atom stereocenters. The third-order valence-corrected chi connectivity index (χ3v) is 4.19. The van der Waals surface area contributed by atoms with E-state index in [9.17, 15) is 0 Å². The van der Waals surface area contributed by atoms with Gasteiger partial charge in [0.2, 0.25) is 0 Å². The first kappa shape index (κ1) is 12.7. The van der Waals surface area contributed by atoms with Crippen LogP contribution >= 0.6 is 0 Å². The number of hydrogen-bond acceptors (Lipinski definition) is 1. The van der Waals surface area contributed by atoms with Crippen LogP contribution in [0.5, 0.6) is 0 Å². The highest BCUT2D eigenvalue weighted by molar-refractivity contribution is 5.89. The molecular formula is C19H13N3. The second-order valence-corrected chi connectivity index (χ2v) is 5.38. The molecule has 0 fully saturated rings. The average Bonchev–Trinajstić information content (AvgIpc) is 2.95. The molecule has 0 saturated carbocycles. The lowest BCUT2D eigenvalue weighted by Gasteiger charge is -2.11. The molecule has 0 aromatic heterocycles. The van der Waals surface area contributed by atoms with Crippen molar-refractivity contribution >= 4 is 5.69 Å². The highest BCUT2D eigenvalue weighted by atomic mass is 15.1. The third-order valence-electron chi connectivity index (χ3n) is 4.19. The Balaban J connectivity index is 1.98. The summed E-state index contributed by atoms with van der Waals surface area (Å²) in [7, 11) is 0. The fourth-order valence-electron chi connectivity index (χ4n) is 3.20. The second-order valence-electron chi connectivity index (χ2n) is 5.38. The molecule has 0 radical (unpaired) electrons. The van der Waals surface area contributed by atoms with Crippen LogP contribution in [0.2, 0.25) is 0 Å². The SMILES string of the molecule is [N-]=[N+]=Nc1c(-c2ccccc2)ccc2c1Cc1ccccc1-2. The van der Waals surface area contributed by atoms with Crippen LogP contribution in [0.4, 0.5) is 5.69 Å². The van der Waals surface area contributed by atoms with Crippen LogP contribution in [0.1, 0.15) is 11.1 Å². The summed E-state index contributed by atoms with van der Waals surface area (Å²) in [6, 6.07) is 22.6. The zero-order valence-corrected chi connectivity index (χ0v) is 11.9. The molecule has 4 rings (SSSR count). The van der Waals surface area contributed by atoms with E-state index in [1.54, 1.807) is 0 Å². The van der Waals surface area contributed by atoms with Crippen molar-refractivity contribution in [3.05, 3.63) is 88.3 Å². The van der Waals surface area contributed by atoms with E-state index in [2.05, 4.69) is 40.4 Å². The van der Waals surface area contributed by atoms with Gasteiger partial charge in [-0.1, -0.05) is 71.8 Å². The van der Waals surface area contributed by atoms with E-state index in [1.165, 1.54) is 16.7 Å². The summed E-state index contributed by atoms with van der Waals surface area (Å²) in [6.07, 6.45) is 0.820. The lowest BCUT2D eigenvalue weighted by atomic mass is 9.96. The molecule has 0 atom stereocenters. The maximum Gasteiger partial charge on any atom is 0.0495 e. The number of benzene rings is 3. The Kier molecular flexibility index (Phi) is 2.92. The topological polar surface area (TPSA) is 48.8 Å². The van der Waals surface area contributed by atoms with E-state index in [-0.39, 0.29) is 0 Å². The minimum Gasteiger partial charge on any atom is -0.0622 e. The van der Waals surface area contributed by atoms with E-state index in [0.29, 0.717) is 0 Å². The molecule has 0 bridgehead atoms. The van der Waals surface area contributed by atoms with Gasteiger partial charge in [0.15, 0.2) is 0 Å². The van der Waals surface area contributed by atoms with Crippen molar-refractivity contribution in [1.82, 2.24) is 0 Å². The monoisotopic (exact) mass is 283 g/mol. The molecule has 3 heteroatoms. The predicted octanol–water partition coefficient (Wildman–Crippen LogP) is 5.87. The number of hydrogen-bond donors (Lipinski definition) is 0. The van der Waals surface area contributed by atoms with Crippen LogP contribution < -0.4 is 0 Å². The number of nitrogens with zero attached hydrogens (tertiary/aromatic N) is 3. The molecule has 0 spiro atoms. The fraction of sp³-hybridized carbons (Fsp3) is 0.0526. The maximum absolute atomic E-state index is 9.00. The van der Waals surface area contributed by atoms with Crippen LogP contribution in [0.25, 0.3) is 32.7 Å². The van der Waals surface area contributed by atoms with Crippen LogP contribution in [0, 0.1) is 0 Å². The molecule has 0 heterocycles. The molecule has 1 aliphatic rings. The van der Waals surface area contributed by atoms with Gasteiger partial charge in [-0.25, -0.2) is 0 Å². The van der Waals surface area contributed by atoms with Gasteiger partial charge in [0.1, 0.15) is 0 Å². The summed E-state index contributed by atoms with van der Waals surface area (Å²) < 4.78 is 0. The van der Waals surface area contributed by atoms with Crippen molar-refractivity contribution in [3.8, 4) is 22.3 Å². The molecule has 0 aliphatic heterocycles. The Bertz CT molecular complexity index is 907. The van der Waals surface area contributed by atoms with Crippen LogP contribution in [-0.2, 0) is 6.42 Å². The molecule has 3 aromatic carbocycles. The molecule has 22 heavy (non-hydrogen) atoms. The summed E-state index contributed by atoms with van der Waals surface area (Å²) >= 11 is 0. The summed E-state index contributed by atoms with van der Waals surface area (Å²) in [5, 5.41) is 4.02. The summed E-state index contributed by atoms with van der Waals surface area (Å²) in [5.41, 5.74) is 16.6. The predicted molar refractivity (Wildman–Crippen MR) is 88.9 cm³/mol. The Morgan fingerprint density at radius 2 is 1.50 bits per heavy atom. The number of azide groups is 1. The second kappa shape index (κ2) is 5.06. The lowest BCUT2D eigenvalue weighted by Crippen LogP contribution is -1.86. The van der Waals surface area contributed by atoms with Gasteiger partial charge in [-0.05, 0) is 45.3 Å².